The van der Waals surface area contributed by atoms with Gasteiger partial charge in [0.15, 0.2) is 0 Å². The molecule has 0 radical (unpaired) electrons. The van der Waals surface area contributed by atoms with Crippen LogP contribution in [0.3, 0.4) is 0 Å². The van der Waals surface area contributed by atoms with Crippen molar-refractivity contribution in [3.63, 3.8) is 0 Å². The van der Waals surface area contributed by atoms with Crippen molar-refractivity contribution in [2.24, 2.45) is 0 Å². The van der Waals surface area contributed by atoms with Gasteiger partial charge in [-0.3, -0.25) is 0 Å². The van der Waals surface area contributed by atoms with E-state index in [2.05, 4.69) is 0 Å². The molecule has 0 spiro atoms. The van der Waals surface area contributed by atoms with Crippen molar-refractivity contribution in [3.05, 3.63) is 99.6 Å². The van der Waals surface area contributed by atoms with Gasteiger partial charge in [0, 0.05) is 11.6 Å². The lowest BCUT2D eigenvalue weighted by Crippen LogP contribution is -2.09. The van der Waals surface area contributed by atoms with Gasteiger partial charge < -0.3 is 9.47 Å². The molecule has 3 nitrogen and oxygen atoms in total. The number of carbonyl (C=O) groups excluding carboxylic acids is 1. The van der Waals surface area contributed by atoms with E-state index in [0.717, 1.165) is 41.9 Å². The van der Waals surface area contributed by atoms with Crippen LogP contribution < -0.4 is 9.47 Å². The van der Waals surface area contributed by atoms with Crippen molar-refractivity contribution in [1.82, 2.24) is 0 Å². The smallest absolute Gasteiger partial charge is 0.343 e. The van der Waals surface area contributed by atoms with Crippen LogP contribution in [-0.4, -0.2) is 5.97 Å². The van der Waals surface area contributed by atoms with Gasteiger partial charge in [0.25, 0.3) is 0 Å². The lowest BCUT2D eigenvalue weighted by Gasteiger charge is -2.23. The Bertz CT molecular complexity index is 1090. The Morgan fingerprint density at radius 3 is 1.97 bits per heavy atom. The monoisotopic (exact) mass is 418 g/mol. The zero-order valence-corrected chi connectivity index (χ0v) is 17.8. The first-order chi connectivity index (χ1) is 14.5. The Balaban J connectivity index is 1.56. The summed E-state index contributed by atoms with van der Waals surface area (Å²) >= 11 is 6.59. The molecule has 0 unspecified atom stereocenters. The number of halogens is 1. The second kappa shape index (κ2) is 8.76. The number of hydrogen-bond acceptors (Lipinski definition) is 3. The SMILES string of the molecule is Cc1ccc(OC(=C2CCC2)c2ccc(OC(=O)c3ccc(C)cc3)cc2Cl)cc1. The summed E-state index contributed by atoms with van der Waals surface area (Å²) in [6, 6.07) is 20.5. The number of allylic oxidation sites excluding steroid dienone is 1. The lowest BCUT2D eigenvalue weighted by molar-refractivity contribution is 0.0735. The average Bonchev–Trinajstić information content (AvgIpc) is 2.68. The van der Waals surface area contributed by atoms with Crippen LogP contribution in [0.2, 0.25) is 5.02 Å². The number of hydrogen-bond donors (Lipinski definition) is 0. The van der Waals surface area contributed by atoms with Gasteiger partial charge >= 0.3 is 5.97 Å². The minimum absolute atomic E-state index is 0.405. The number of benzene rings is 3. The average molecular weight is 419 g/mol. The lowest BCUT2D eigenvalue weighted by atomic mass is 9.89. The van der Waals surface area contributed by atoms with E-state index in [1.807, 2.05) is 56.3 Å². The maximum Gasteiger partial charge on any atom is 0.343 e. The zero-order valence-electron chi connectivity index (χ0n) is 17.1. The van der Waals surface area contributed by atoms with Gasteiger partial charge in [-0.1, -0.05) is 47.0 Å². The van der Waals surface area contributed by atoms with Gasteiger partial charge in [-0.2, -0.15) is 0 Å². The summed E-state index contributed by atoms with van der Waals surface area (Å²) in [5.74, 6) is 1.57. The van der Waals surface area contributed by atoms with Crippen LogP contribution in [-0.2, 0) is 0 Å². The standard InChI is InChI=1S/C26H23ClO3/c1-17-6-10-20(11-7-17)26(28)30-22-14-15-23(24(27)16-22)25(19-4-3-5-19)29-21-12-8-18(2)9-13-21/h6-16H,3-5H2,1-2H3. The van der Waals surface area contributed by atoms with E-state index in [4.69, 9.17) is 21.1 Å². The van der Waals surface area contributed by atoms with Gasteiger partial charge in [-0.15, -0.1) is 0 Å². The van der Waals surface area contributed by atoms with Gasteiger partial charge in [0.05, 0.1) is 10.6 Å². The first-order valence-electron chi connectivity index (χ1n) is 10.0. The third-order valence-corrected chi connectivity index (χ3v) is 5.51. The quantitative estimate of drug-likeness (QED) is 0.250. The largest absolute Gasteiger partial charge is 0.457 e. The number of rotatable bonds is 5. The number of esters is 1. The van der Waals surface area contributed by atoms with Crippen LogP contribution in [0.25, 0.3) is 5.76 Å². The molecule has 0 bridgehead atoms. The Kier molecular flexibility index (Phi) is 5.91. The van der Waals surface area contributed by atoms with Crippen LogP contribution in [0.5, 0.6) is 11.5 Å². The fraction of sp³-hybridized carbons (Fsp3) is 0.192. The van der Waals surface area contributed by atoms with Crippen molar-refractivity contribution < 1.29 is 14.3 Å². The fourth-order valence-corrected chi connectivity index (χ4v) is 3.48. The van der Waals surface area contributed by atoms with Crippen molar-refractivity contribution >= 4 is 23.3 Å². The van der Waals surface area contributed by atoms with E-state index in [-0.39, 0.29) is 0 Å². The summed E-state index contributed by atoms with van der Waals surface area (Å²) < 4.78 is 11.7. The molecule has 3 aromatic rings. The highest BCUT2D eigenvalue weighted by atomic mass is 35.5. The highest BCUT2D eigenvalue weighted by Gasteiger charge is 2.21. The minimum Gasteiger partial charge on any atom is -0.457 e. The van der Waals surface area contributed by atoms with E-state index < -0.39 is 5.97 Å². The van der Waals surface area contributed by atoms with Crippen LogP contribution in [0.15, 0.2) is 72.3 Å². The van der Waals surface area contributed by atoms with Gasteiger partial charge in [-0.25, -0.2) is 4.79 Å². The molecule has 4 rings (SSSR count). The maximum atomic E-state index is 12.4. The molecule has 1 fully saturated rings. The molecule has 0 aromatic heterocycles. The molecule has 0 N–H and O–H groups in total. The highest BCUT2D eigenvalue weighted by Crippen LogP contribution is 2.38. The highest BCUT2D eigenvalue weighted by molar-refractivity contribution is 6.32. The predicted octanol–water partition coefficient (Wildman–Crippen LogP) is 7.15. The molecule has 1 aliphatic rings. The molecule has 4 heteroatoms. The fourth-order valence-electron chi connectivity index (χ4n) is 3.22. The zero-order chi connectivity index (χ0) is 21.1. The van der Waals surface area contributed by atoms with Crippen LogP contribution in [0.4, 0.5) is 0 Å². The summed E-state index contributed by atoms with van der Waals surface area (Å²) in [7, 11) is 0. The Morgan fingerprint density at radius 2 is 1.40 bits per heavy atom. The summed E-state index contributed by atoms with van der Waals surface area (Å²) in [6.07, 6.45) is 3.16. The summed E-state index contributed by atoms with van der Waals surface area (Å²) in [4.78, 5) is 12.4. The molecule has 1 aliphatic carbocycles. The van der Waals surface area contributed by atoms with Gasteiger partial charge in [-0.05, 0) is 75.1 Å². The summed E-state index contributed by atoms with van der Waals surface area (Å²) in [5.41, 5.74) is 4.83. The van der Waals surface area contributed by atoms with E-state index in [1.165, 1.54) is 11.1 Å². The molecule has 152 valence electrons. The summed E-state index contributed by atoms with van der Waals surface area (Å²) in [6.45, 7) is 4.02. The number of carbonyl (C=O) groups is 1. The topological polar surface area (TPSA) is 35.5 Å². The minimum atomic E-state index is -0.410. The number of aryl methyl sites for hydroxylation is 2. The third-order valence-electron chi connectivity index (χ3n) is 5.20. The Hall–Kier alpha value is -3.04. The molecule has 0 heterocycles. The third kappa shape index (κ3) is 4.58. The van der Waals surface area contributed by atoms with E-state index in [0.29, 0.717) is 16.3 Å². The summed E-state index contributed by atoms with van der Waals surface area (Å²) in [5, 5.41) is 0.491. The van der Waals surface area contributed by atoms with Crippen LogP contribution in [0.1, 0.15) is 46.3 Å². The molecule has 1 saturated carbocycles. The normalized spacial score (nSPS) is 12.8. The first-order valence-corrected chi connectivity index (χ1v) is 10.4. The predicted molar refractivity (Wildman–Crippen MR) is 120 cm³/mol. The van der Waals surface area contributed by atoms with E-state index in [9.17, 15) is 4.79 Å². The molecular weight excluding hydrogens is 396 g/mol. The van der Waals surface area contributed by atoms with Gasteiger partial charge in [0.1, 0.15) is 17.3 Å². The molecule has 0 amide bonds. The molecular formula is C26H23ClO3. The molecule has 3 aromatic carbocycles. The second-order valence-corrected chi connectivity index (χ2v) is 8.01. The second-order valence-electron chi connectivity index (χ2n) is 7.60. The van der Waals surface area contributed by atoms with Crippen molar-refractivity contribution in [3.8, 4) is 11.5 Å². The van der Waals surface area contributed by atoms with Crippen LogP contribution in [0, 0.1) is 13.8 Å². The van der Waals surface area contributed by atoms with Crippen LogP contribution >= 0.6 is 11.6 Å². The van der Waals surface area contributed by atoms with E-state index >= 15 is 0 Å². The number of ether oxygens (including phenoxy) is 2. The van der Waals surface area contributed by atoms with Gasteiger partial charge in [0.2, 0.25) is 0 Å². The Labute approximate surface area is 181 Å². The van der Waals surface area contributed by atoms with Crippen molar-refractivity contribution in [2.45, 2.75) is 33.1 Å². The molecule has 0 aliphatic heterocycles. The van der Waals surface area contributed by atoms with Crippen molar-refractivity contribution in [1.29, 1.82) is 0 Å². The molecule has 0 atom stereocenters. The molecule has 0 saturated heterocycles. The van der Waals surface area contributed by atoms with Crippen molar-refractivity contribution in [2.75, 3.05) is 0 Å². The maximum absolute atomic E-state index is 12.4. The molecule has 30 heavy (non-hydrogen) atoms. The van der Waals surface area contributed by atoms with E-state index in [1.54, 1.807) is 24.3 Å². The first kappa shape index (κ1) is 20.2. The Morgan fingerprint density at radius 1 is 0.800 bits per heavy atom.